The third-order valence-corrected chi connectivity index (χ3v) is 4.09. The molecule has 0 aliphatic rings. The van der Waals surface area contributed by atoms with E-state index in [1.807, 2.05) is 12.1 Å². The molecule has 1 aromatic rings. The molecule has 1 amide bonds. The van der Waals surface area contributed by atoms with Gasteiger partial charge in [-0.2, -0.15) is 0 Å². The highest BCUT2D eigenvalue weighted by Crippen LogP contribution is 2.22. The van der Waals surface area contributed by atoms with Crippen LogP contribution in [0, 0.1) is 5.92 Å². The molecule has 1 heterocycles. The van der Waals surface area contributed by atoms with Crippen molar-refractivity contribution >= 4 is 45.2 Å². The minimum Gasteiger partial charge on any atom is -0.481 e. The fraction of sp³-hybridized carbons (Fsp3) is 0.333. The van der Waals surface area contributed by atoms with Crippen molar-refractivity contribution in [1.29, 1.82) is 0 Å². The number of carbonyl (C=O) groups is 2. The van der Waals surface area contributed by atoms with Gasteiger partial charge in [0, 0.05) is 17.0 Å². The average Bonchev–Trinajstić information content (AvgIpc) is 2.71. The number of carboxylic acids is 1. The number of hydrogen-bond acceptors (Lipinski definition) is 3. The van der Waals surface area contributed by atoms with Crippen molar-refractivity contribution in [3.8, 4) is 0 Å². The Kier molecular flexibility index (Phi) is 5.55. The highest BCUT2D eigenvalue weighted by atomic mass is 79.9. The number of rotatable bonds is 5. The molecular formula is C12H14BrNO3S. The van der Waals surface area contributed by atoms with Gasteiger partial charge in [-0.1, -0.05) is 0 Å². The molecule has 2 unspecified atom stereocenters. The molecule has 0 radical (unpaired) electrons. The van der Waals surface area contributed by atoms with E-state index in [-0.39, 0.29) is 5.91 Å². The second-order valence-electron chi connectivity index (χ2n) is 3.90. The Morgan fingerprint density at radius 2 is 2.11 bits per heavy atom. The summed E-state index contributed by atoms with van der Waals surface area (Å²) < 4.78 is 0.996. The number of carboxylic acid groups (broad SMARTS) is 1. The summed E-state index contributed by atoms with van der Waals surface area (Å²) in [7, 11) is 0. The monoisotopic (exact) mass is 331 g/mol. The highest BCUT2D eigenvalue weighted by Gasteiger charge is 2.19. The smallest absolute Gasteiger partial charge is 0.308 e. The van der Waals surface area contributed by atoms with Crippen molar-refractivity contribution in [2.45, 2.75) is 19.9 Å². The van der Waals surface area contributed by atoms with Crippen LogP contribution in [0.2, 0.25) is 0 Å². The fourth-order valence-corrected chi connectivity index (χ4v) is 2.51. The lowest BCUT2D eigenvalue weighted by Gasteiger charge is -2.16. The Morgan fingerprint density at radius 1 is 1.44 bits per heavy atom. The van der Waals surface area contributed by atoms with E-state index in [2.05, 4.69) is 21.2 Å². The maximum absolute atomic E-state index is 11.6. The molecule has 0 spiro atoms. The summed E-state index contributed by atoms with van der Waals surface area (Å²) in [5, 5.41) is 11.4. The second kappa shape index (κ2) is 6.70. The number of thiophene rings is 1. The Bertz CT molecular complexity index is 470. The van der Waals surface area contributed by atoms with E-state index in [1.165, 1.54) is 17.4 Å². The number of amides is 1. The number of halogens is 1. The lowest BCUT2D eigenvalue weighted by atomic mass is 10.0. The van der Waals surface area contributed by atoms with Crippen LogP contribution < -0.4 is 5.32 Å². The van der Waals surface area contributed by atoms with E-state index in [0.717, 1.165) is 8.66 Å². The normalized spacial score (nSPS) is 14.4. The molecule has 0 saturated carbocycles. The van der Waals surface area contributed by atoms with Crippen LogP contribution in [-0.2, 0) is 9.59 Å². The molecule has 0 saturated heterocycles. The van der Waals surface area contributed by atoms with Crippen molar-refractivity contribution < 1.29 is 14.7 Å². The number of hydrogen-bond donors (Lipinski definition) is 2. The van der Waals surface area contributed by atoms with Crippen LogP contribution in [0.15, 0.2) is 22.0 Å². The van der Waals surface area contributed by atoms with Crippen molar-refractivity contribution in [2.75, 3.05) is 0 Å². The molecule has 1 rings (SSSR count). The van der Waals surface area contributed by atoms with Gasteiger partial charge in [0.15, 0.2) is 0 Å². The average molecular weight is 332 g/mol. The molecule has 2 N–H and O–H groups in total. The van der Waals surface area contributed by atoms with Gasteiger partial charge in [0.1, 0.15) is 0 Å². The molecule has 6 heteroatoms. The van der Waals surface area contributed by atoms with Crippen molar-refractivity contribution in [2.24, 2.45) is 5.92 Å². The topological polar surface area (TPSA) is 66.4 Å². The lowest BCUT2D eigenvalue weighted by molar-refractivity contribution is -0.142. The maximum Gasteiger partial charge on any atom is 0.308 e. The fourth-order valence-electron chi connectivity index (χ4n) is 1.19. The molecule has 18 heavy (non-hydrogen) atoms. The van der Waals surface area contributed by atoms with Crippen LogP contribution in [0.1, 0.15) is 18.7 Å². The predicted molar refractivity (Wildman–Crippen MR) is 75.5 cm³/mol. The van der Waals surface area contributed by atoms with Gasteiger partial charge in [-0.15, -0.1) is 11.3 Å². The Balaban J connectivity index is 2.51. The first-order valence-corrected chi connectivity index (χ1v) is 6.98. The minimum atomic E-state index is -0.922. The van der Waals surface area contributed by atoms with Crippen LogP contribution in [0.5, 0.6) is 0 Å². The van der Waals surface area contributed by atoms with Gasteiger partial charge < -0.3 is 10.4 Å². The maximum atomic E-state index is 11.6. The zero-order valence-corrected chi connectivity index (χ0v) is 12.4. The Labute approximate surface area is 118 Å². The zero-order chi connectivity index (χ0) is 13.7. The summed E-state index contributed by atoms with van der Waals surface area (Å²) in [5.41, 5.74) is 0. The van der Waals surface area contributed by atoms with Gasteiger partial charge in [-0.25, -0.2) is 0 Å². The largest absolute Gasteiger partial charge is 0.481 e. The van der Waals surface area contributed by atoms with Crippen molar-refractivity contribution in [1.82, 2.24) is 5.32 Å². The van der Waals surface area contributed by atoms with E-state index >= 15 is 0 Å². The lowest BCUT2D eigenvalue weighted by Crippen LogP contribution is -2.39. The molecular weight excluding hydrogens is 318 g/mol. The molecule has 98 valence electrons. The van der Waals surface area contributed by atoms with Crippen LogP contribution in [0.3, 0.4) is 0 Å². The van der Waals surface area contributed by atoms with E-state index in [4.69, 9.17) is 5.11 Å². The first kappa shape index (κ1) is 14.9. The number of aliphatic carboxylic acids is 1. The first-order chi connectivity index (χ1) is 8.40. The van der Waals surface area contributed by atoms with E-state index < -0.39 is 17.9 Å². The first-order valence-electron chi connectivity index (χ1n) is 5.37. The quantitative estimate of drug-likeness (QED) is 0.815. The molecule has 2 atom stereocenters. The predicted octanol–water partition coefficient (Wildman–Crippen LogP) is 2.75. The molecule has 0 fully saturated rings. The Hall–Kier alpha value is -1.14. The van der Waals surface area contributed by atoms with Gasteiger partial charge in [0.2, 0.25) is 5.91 Å². The van der Waals surface area contributed by atoms with Gasteiger partial charge in [0.05, 0.1) is 9.70 Å². The minimum absolute atomic E-state index is 0.292. The Morgan fingerprint density at radius 3 is 2.61 bits per heavy atom. The van der Waals surface area contributed by atoms with Crippen LogP contribution in [0.25, 0.3) is 6.08 Å². The second-order valence-corrected chi connectivity index (χ2v) is 6.39. The SMILES string of the molecule is CC(NC(=O)/C=C/c1ccc(Br)s1)C(C)C(=O)O. The van der Waals surface area contributed by atoms with Crippen LogP contribution in [-0.4, -0.2) is 23.0 Å². The molecule has 0 aliphatic heterocycles. The molecule has 4 nitrogen and oxygen atoms in total. The van der Waals surface area contributed by atoms with Crippen molar-refractivity contribution in [3.05, 3.63) is 26.9 Å². The summed E-state index contributed by atoms with van der Waals surface area (Å²) in [6, 6.07) is 3.38. The van der Waals surface area contributed by atoms with Gasteiger partial charge in [0.25, 0.3) is 0 Å². The van der Waals surface area contributed by atoms with Crippen molar-refractivity contribution in [3.63, 3.8) is 0 Å². The third-order valence-electron chi connectivity index (χ3n) is 2.50. The van der Waals surface area contributed by atoms with Gasteiger partial charge >= 0.3 is 5.97 Å². The van der Waals surface area contributed by atoms with E-state index in [0.29, 0.717) is 0 Å². The summed E-state index contributed by atoms with van der Waals surface area (Å²) in [6.45, 7) is 3.24. The van der Waals surface area contributed by atoms with E-state index in [1.54, 1.807) is 19.9 Å². The summed E-state index contributed by atoms with van der Waals surface area (Å²) in [4.78, 5) is 23.2. The molecule has 0 aliphatic carbocycles. The molecule has 0 bridgehead atoms. The summed E-state index contributed by atoms with van der Waals surface area (Å²) in [5.74, 6) is -1.83. The zero-order valence-electron chi connectivity index (χ0n) is 10.0. The summed E-state index contributed by atoms with van der Waals surface area (Å²) >= 11 is 4.85. The van der Waals surface area contributed by atoms with E-state index in [9.17, 15) is 9.59 Å². The standard InChI is InChI=1S/C12H14BrNO3S/c1-7(12(16)17)8(2)14-11(15)6-4-9-3-5-10(13)18-9/h3-8H,1-2H3,(H,14,15)(H,16,17)/b6-4+. The highest BCUT2D eigenvalue weighted by molar-refractivity contribution is 9.11. The van der Waals surface area contributed by atoms with Crippen LogP contribution in [0.4, 0.5) is 0 Å². The molecule has 1 aromatic heterocycles. The summed E-state index contributed by atoms with van der Waals surface area (Å²) in [6.07, 6.45) is 3.10. The van der Waals surface area contributed by atoms with Gasteiger partial charge in [-0.05, 0) is 48.0 Å². The third kappa shape index (κ3) is 4.62. The molecule has 0 aromatic carbocycles. The number of carbonyl (C=O) groups excluding carboxylic acids is 1. The van der Waals surface area contributed by atoms with Gasteiger partial charge in [-0.3, -0.25) is 9.59 Å². The number of nitrogens with one attached hydrogen (secondary N) is 1. The van der Waals surface area contributed by atoms with Crippen LogP contribution >= 0.6 is 27.3 Å².